The summed E-state index contributed by atoms with van der Waals surface area (Å²) < 4.78 is 5.22. The van der Waals surface area contributed by atoms with Gasteiger partial charge in [-0.25, -0.2) is 0 Å². The maximum Gasteiger partial charge on any atom is 0.118 e. The molecule has 0 amide bonds. The number of aryl methyl sites for hydroxylation is 4. The summed E-state index contributed by atoms with van der Waals surface area (Å²) in [4.78, 5) is 0. The molecule has 140 valence electrons. The maximum atomic E-state index is 5.22. The minimum absolute atomic E-state index is 0.916. The normalized spacial score (nSPS) is 10.9. The average molecular weight is 367 g/mol. The first-order valence-corrected chi connectivity index (χ1v) is 9.98. The molecule has 28 heavy (non-hydrogen) atoms. The van der Waals surface area contributed by atoms with Crippen LogP contribution in [0.5, 0.6) is 5.75 Å². The van der Waals surface area contributed by atoms with Crippen LogP contribution in [0.15, 0.2) is 91.0 Å². The first-order chi connectivity index (χ1) is 13.8. The van der Waals surface area contributed by atoms with E-state index in [9.17, 15) is 0 Å². The highest BCUT2D eigenvalue weighted by Crippen LogP contribution is 2.18. The highest BCUT2D eigenvalue weighted by molar-refractivity contribution is 5.82. The summed E-state index contributed by atoms with van der Waals surface area (Å²) in [5.41, 5.74) is 5.55. The molecule has 1 heteroatoms. The zero-order chi connectivity index (χ0) is 19.2. The summed E-state index contributed by atoms with van der Waals surface area (Å²) in [6.07, 6.45) is 4.28. The summed E-state index contributed by atoms with van der Waals surface area (Å²) in [6, 6.07) is 32.9. The van der Waals surface area contributed by atoms with Crippen LogP contribution in [-0.2, 0) is 25.7 Å². The lowest BCUT2D eigenvalue weighted by atomic mass is 9.99. The summed E-state index contributed by atoms with van der Waals surface area (Å²) in [5, 5.41) is 2.64. The molecule has 0 aliphatic carbocycles. The van der Waals surface area contributed by atoms with Crippen molar-refractivity contribution in [3.63, 3.8) is 0 Å². The molecule has 0 fully saturated rings. The lowest BCUT2D eigenvalue weighted by molar-refractivity contribution is 0.414. The van der Waals surface area contributed by atoms with Crippen LogP contribution in [0.2, 0.25) is 0 Å². The monoisotopic (exact) mass is 366 g/mol. The molecule has 0 saturated carbocycles. The molecule has 0 N–H and O–H groups in total. The van der Waals surface area contributed by atoms with Crippen molar-refractivity contribution in [2.45, 2.75) is 25.7 Å². The highest BCUT2D eigenvalue weighted by atomic mass is 16.5. The quantitative estimate of drug-likeness (QED) is 0.367. The van der Waals surface area contributed by atoms with E-state index in [-0.39, 0.29) is 0 Å². The third-order valence-electron chi connectivity index (χ3n) is 5.40. The highest BCUT2D eigenvalue weighted by Gasteiger charge is 2.01. The van der Waals surface area contributed by atoms with Crippen molar-refractivity contribution in [2.75, 3.05) is 7.11 Å². The Morgan fingerprint density at radius 2 is 0.964 bits per heavy atom. The van der Waals surface area contributed by atoms with E-state index < -0.39 is 0 Å². The predicted octanol–water partition coefficient (Wildman–Crippen LogP) is 6.42. The van der Waals surface area contributed by atoms with Crippen molar-refractivity contribution in [3.05, 3.63) is 113 Å². The Morgan fingerprint density at radius 1 is 0.500 bits per heavy atom. The topological polar surface area (TPSA) is 9.23 Å². The molecule has 0 atom stereocenters. The molecule has 0 heterocycles. The minimum atomic E-state index is 0.916. The van der Waals surface area contributed by atoms with E-state index in [0.717, 1.165) is 31.4 Å². The van der Waals surface area contributed by atoms with Crippen LogP contribution in [0.3, 0.4) is 0 Å². The number of benzene rings is 4. The molecule has 0 radical (unpaired) electrons. The van der Waals surface area contributed by atoms with Crippen LogP contribution < -0.4 is 4.74 Å². The predicted molar refractivity (Wildman–Crippen MR) is 118 cm³/mol. The van der Waals surface area contributed by atoms with E-state index in [1.165, 1.54) is 33.0 Å². The largest absolute Gasteiger partial charge is 0.497 e. The Balaban J connectivity index is 1.32. The third kappa shape index (κ3) is 4.61. The first-order valence-electron chi connectivity index (χ1n) is 9.98. The van der Waals surface area contributed by atoms with E-state index in [2.05, 4.69) is 78.9 Å². The molecule has 4 rings (SSSR count). The van der Waals surface area contributed by atoms with Gasteiger partial charge in [0.25, 0.3) is 0 Å². The molecule has 4 aromatic carbocycles. The fourth-order valence-corrected chi connectivity index (χ4v) is 3.64. The van der Waals surface area contributed by atoms with Gasteiger partial charge in [-0.2, -0.15) is 0 Å². The van der Waals surface area contributed by atoms with Gasteiger partial charge in [-0.1, -0.05) is 78.9 Å². The molecule has 4 aromatic rings. The Morgan fingerprint density at radius 3 is 1.54 bits per heavy atom. The molecule has 1 nitrogen and oxygen atoms in total. The summed E-state index contributed by atoms with van der Waals surface area (Å²) >= 11 is 0. The zero-order valence-electron chi connectivity index (χ0n) is 16.4. The smallest absolute Gasteiger partial charge is 0.118 e. The van der Waals surface area contributed by atoms with Gasteiger partial charge in [0.05, 0.1) is 7.11 Å². The molecule has 0 aromatic heterocycles. The molecule has 0 saturated heterocycles. The minimum Gasteiger partial charge on any atom is -0.497 e. The standard InChI is InChI=1S/C27H26O/c1-28-27-18-15-23(16-19-27)11-10-21-6-8-22(9-7-21)12-13-24-14-17-25-4-2-3-5-26(25)20-24/h2-9,14-20H,10-13H2,1H3. The summed E-state index contributed by atoms with van der Waals surface area (Å²) in [7, 11) is 1.70. The van der Waals surface area contributed by atoms with Gasteiger partial charge in [0.1, 0.15) is 5.75 Å². The Hall–Kier alpha value is -3.06. The molecule has 0 aliphatic heterocycles. The Bertz CT molecular complexity index is 1030. The number of methoxy groups -OCH3 is 1. The fourth-order valence-electron chi connectivity index (χ4n) is 3.64. The maximum absolute atomic E-state index is 5.22. The van der Waals surface area contributed by atoms with Crippen LogP contribution in [-0.4, -0.2) is 7.11 Å². The van der Waals surface area contributed by atoms with Crippen molar-refractivity contribution in [1.82, 2.24) is 0 Å². The second-order valence-corrected chi connectivity index (χ2v) is 7.35. The van der Waals surface area contributed by atoms with Crippen LogP contribution in [0, 0.1) is 0 Å². The molecule has 0 bridgehead atoms. The lowest BCUT2D eigenvalue weighted by Crippen LogP contribution is -1.94. The lowest BCUT2D eigenvalue weighted by Gasteiger charge is -2.07. The van der Waals surface area contributed by atoms with Gasteiger partial charge in [0.2, 0.25) is 0 Å². The van der Waals surface area contributed by atoms with Gasteiger partial charge in [-0.05, 0) is 70.8 Å². The average Bonchev–Trinajstić information content (AvgIpc) is 2.77. The molecule has 0 unspecified atom stereocenters. The first kappa shape index (κ1) is 18.3. The second-order valence-electron chi connectivity index (χ2n) is 7.35. The van der Waals surface area contributed by atoms with E-state index in [0.29, 0.717) is 0 Å². The Labute approximate surface area is 167 Å². The number of ether oxygens (including phenoxy) is 1. The van der Waals surface area contributed by atoms with Crippen molar-refractivity contribution >= 4 is 10.8 Å². The second kappa shape index (κ2) is 8.75. The van der Waals surface area contributed by atoms with Gasteiger partial charge in [-0.15, -0.1) is 0 Å². The summed E-state index contributed by atoms with van der Waals surface area (Å²) in [5.74, 6) is 0.916. The van der Waals surface area contributed by atoms with Crippen LogP contribution >= 0.6 is 0 Å². The van der Waals surface area contributed by atoms with Crippen molar-refractivity contribution < 1.29 is 4.74 Å². The van der Waals surface area contributed by atoms with E-state index in [1.807, 2.05) is 12.1 Å². The fraction of sp³-hybridized carbons (Fsp3) is 0.185. The molecule has 0 aliphatic rings. The SMILES string of the molecule is COc1ccc(CCc2ccc(CCc3ccc4ccccc4c3)cc2)cc1. The van der Waals surface area contributed by atoms with E-state index in [1.54, 1.807) is 7.11 Å². The number of hydrogen-bond acceptors (Lipinski definition) is 1. The van der Waals surface area contributed by atoms with Crippen molar-refractivity contribution in [3.8, 4) is 5.75 Å². The van der Waals surface area contributed by atoms with Crippen LogP contribution in [0.4, 0.5) is 0 Å². The number of hydrogen-bond donors (Lipinski definition) is 0. The van der Waals surface area contributed by atoms with Crippen molar-refractivity contribution in [1.29, 1.82) is 0 Å². The van der Waals surface area contributed by atoms with Crippen LogP contribution in [0.1, 0.15) is 22.3 Å². The van der Waals surface area contributed by atoms with Gasteiger partial charge in [0.15, 0.2) is 0 Å². The molecular weight excluding hydrogens is 340 g/mol. The van der Waals surface area contributed by atoms with Gasteiger partial charge in [0, 0.05) is 0 Å². The van der Waals surface area contributed by atoms with Gasteiger partial charge < -0.3 is 4.74 Å². The van der Waals surface area contributed by atoms with Crippen molar-refractivity contribution in [2.24, 2.45) is 0 Å². The summed E-state index contributed by atoms with van der Waals surface area (Å²) in [6.45, 7) is 0. The Kier molecular flexibility index (Phi) is 5.72. The van der Waals surface area contributed by atoms with Gasteiger partial charge >= 0.3 is 0 Å². The van der Waals surface area contributed by atoms with Gasteiger partial charge in [-0.3, -0.25) is 0 Å². The zero-order valence-corrected chi connectivity index (χ0v) is 16.4. The van der Waals surface area contributed by atoms with E-state index >= 15 is 0 Å². The van der Waals surface area contributed by atoms with Crippen LogP contribution in [0.25, 0.3) is 10.8 Å². The van der Waals surface area contributed by atoms with E-state index in [4.69, 9.17) is 4.74 Å². The number of rotatable bonds is 7. The molecular formula is C27H26O. The third-order valence-corrected chi connectivity index (χ3v) is 5.40. The molecule has 0 spiro atoms. The number of fused-ring (bicyclic) bond motifs is 1.